The summed E-state index contributed by atoms with van der Waals surface area (Å²) in [5.74, 6) is 0.406. The highest BCUT2D eigenvalue weighted by Gasteiger charge is 2.38. The second-order valence-electron chi connectivity index (χ2n) is 9.23. The number of fused-ring (bicyclic) bond motifs is 3. The van der Waals surface area contributed by atoms with E-state index < -0.39 is 0 Å². The molecule has 0 radical (unpaired) electrons. The smallest absolute Gasteiger partial charge is 0.269 e. The number of carbonyl (C=O) groups is 1. The van der Waals surface area contributed by atoms with Gasteiger partial charge in [-0.2, -0.15) is 0 Å². The van der Waals surface area contributed by atoms with E-state index >= 15 is 0 Å². The van der Waals surface area contributed by atoms with Gasteiger partial charge in [-0.1, -0.05) is 42.5 Å². The molecule has 1 aliphatic carbocycles. The monoisotopic (exact) mass is 453 g/mol. The number of carbonyl (C=O) groups excluding carboxylic acids is 1. The third-order valence-corrected chi connectivity index (χ3v) is 7.11. The Morgan fingerprint density at radius 3 is 2.59 bits per heavy atom. The second-order valence-corrected chi connectivity index (χ2v) is 9.23. The first-order valence-electron chi connectivity index (χ1n) is 11.6. The molecule has 34 heavy (non-hydrogen) atoms. The molecule has 0 fully saturated rings. The summed E-state index contributed by atoms with van der Waals surface area (Å²) in [6, 6.07) is 18.9. The summed E-state index contributed by atoms with van der Waals surface area (Å²) in [5, 5.41) is 17.7. The Bertz CT molecular complexity index is 1300. The number of nitrogens with zero attached hydrogens (tertiary/aromatic N) is 1. The summed E-state index contributed by atoms with van der Waals surface area (Å²) in [6.07, 6.45) is 5.33. The Hall–Kier alpha value is -3.93. The van der Waals surface area contributed by atoms with Gasteiger partial charge in [-0.05, 0) is 72.2 Å². The van der Waals surface area contributed by atoms with Crippen molar-refractivity contribution in [3.05, 3.63) is 116 Å². The minimum absolute atomic E-state index is 0.0535. The Balaban J connectivity index is 1.36. The largest absolute Gasteiger partial charge is 0.378 e. The van der Waals surface area contributed by atoms with E-state index in [2.05, 4.69) is 48.8 Å². The van der Waals surface area contributed by atoms with E-state index in [9.17, 15) is 14.9 Å². The number of non-ortho nitro benzene ring substituents is 1. The van der Waals surface area contributed by atoms with Crippen LogP contribution in [0.15, 0.2) is 72.8 Å². The van der Waals surface area contributed by atoms with Crippen LogP contribution in [0.3, 0.4) is 0 Å². The van der Waals surface area contributed by atoms with Crippen molar-refractivity contribution >= 4 is 17.3 Å². The van der Waals surface area contributed by atoms with Crippen LogP contribution in [0.5, 0.6) is 0 Å². The molecule has 172 valence electrons. The number of hydrogen-bond donors (Lipinski definition) is 2. The quantitative estimate of drug-likeness (QED) is 0.283. The van der Waals surface area contributed by atoms with Crippen molar-refractivity contribution in [3.8, 4) is 0 Å². The van der Waals surface area contributed by atoms with E-state index in [1.807, 2.05) is 36.4 Å². The van der Waals surface area contributed by atoms with Gasteiger partial charge in [0.25, 0.3) is 11.6 Å². The molecule has 1 heterocycles. The van der Waals surface area contributed by atoms with Crippen molar-refractivity contribution in [3.63, 3.8) is 0 Å². The first kappa shape index (κ1) is 21.9. The lowest BCUT2D eigenvalue weighted by Crippen LogP contribution is -2.30. The first-order chi connectivity index (χ1) is 16.4. The van der Waals surface area contributed by atoms with Crippen LogP contribution in [-0.4, -0.2) is 10.8 Å². The van der Waals surface area contributed by atoms with Crippen LogP contribution in [0, 0.1) is 29.9 Å². The van der Waals surface area contributed by atoms with E-state index in [0.29, 0.717) is 18.0 Å². The van der Waals surface area contributed by atoms with Gasteiger partial charge in [-0.25, -0.2) is 0 Å². The Morgan fingerprint density at radius 2 is 1.85 bits per heavy atom. The molecule has 2 aliphatic rings. The summed E-state index contributed by atoms with van der Waals surface area (Å²) in [4.78, 5) is 23.6. The number of nitrogens with one attached hydrogen (secondary N) is 2. The third kappa shape index (κ3) is 4.07. The van der Waals surface area contributed by atoms with Crippen molar-refractivity contribution in [2.24, 2.45) is 5.92 Å². The van der Waals surface area contributed by atoms with Gasteiger partial charge >= 0.3 is 0 Å². The third-order valence-electron chi connectivity index (χ3n) is 7.11. The molecule has 3 aromatic rings. The summed E-state index contributed by atoms with van der Waals surface area (Å²) in [6.45, 7) is 4.64. The normalized spacial score (nSPS) is 20.2. The molecule has 3 aromatic carbocycles. The first-order valence-corrected chi connectivity index (χ1v) is 11.6. The van der Waals surface area contributed by atoms with Gasteiger partial charge in [0.05, 0.1) is 11.0 Å². The minimum atomic E-state index is -0.375. The van der Waals surface area contributed by atoms with Gasteiger partial charge in [0.1, 0.15) is 0 Å². The topological polar surface area (TPSA) is 84.3 Å². The molecule has 6 nitrogen and oxygen atoms in total. The van der Waals surface area contributed by atoms with Crippen LogP contribution in [0.2, 0.25) is 0 Å². The molecule has 0 saturated heterocycles. The predicted octanol–water partition coefficient (Wildman–Crippen LogP) is 5.97. The highest BCUT2D eigenvalue weighted by molar-refractivity contribution is 5.95. The van der Waals surface area contributed by atoms with E-state index in [-0.39, 0.29) is 28.5 Å². The van der Waals surface area contributed by atoms with Crippen LogP contribution in [-0.2, 0) is 6.54 Å². The summed E-state index contributed by atoms with van der Waals surface area (Å²) < 4.78 is 0. The molecular weight excluding hydrogens is 426 g/mol. The van der Waals surface area contributed by atoms with Crippen molar-refractivity contribution in [1.82, 2.24) is 5.32 Å². The van der Waals surface area contributed by atoms with Crippen molar-refractivity contribution in [1.29, 1.82) is 0 Å². The molecule has 5 rings (SSSR count). The molecule has 6 heteroatoms. The zero-order valence-corrected chi connectivity index (χ0v) is 19.2. The highest BCUT2D eigenvalue weighted by atomic mass is 16.6. The summed E-state index contributed by atoms with van der Waals surface area (Å²) in [7, 11) is 0. The number of aryl methyl sites for hydroxylation is 2. The lowest BCUT2D eigenvalue weighted by molar-refractivity contribution is -0.384. The van der Waals surface area contributed by atoms with Crippen molar-refractivity contribution in [2.75, 3.05) is 5.32 Å². The van der Waals surface area contributed by atoms with Crippen LogP contribution < -0.4 is 10.6 Å². The van der Waals surface area contributed by atoms with Crippen LogP contribution in [0.4, 0.5) is 11.4 Å². The van der Waals surface area contributed by atoms with Crippen molar-refractivity contribution in [2.45, 2.75) is 38.8 Å². The molecule has 0 unspecified atom stereocenters. The zero-order chi connectivity index (χ0) is 23.8. The van der Waals surface area contributed by atoms with E-state index in [1.54, 1.807) is 12.1 Å². The summed E-state index contributed by atoms with van der Waals surface area (Å²) in [5.41, 5.74) is 7.44. The number of hydrogen-bond acceptors (Lipinski definition) is 4. The maximum Gasteiger partial charge on any atom is 0.269 e. The fourth-order valence-corrected chi connectivity index (χ4v) is 5.07. The number of benzene rings is 3. The van der Waals surface area contributed by atoms with Gasteiger partial charge < -0.3 is 10.6 Å². The molecule has 0 saturated carbocycles. The average Bonchev–Trinajstić information content (AvgIpc) is 3.34. The zero-order valence-electron chi connectivity index (χ0n) is 19.2. The predicted molar refractivity (Wildman–Crippen MR) is 133 cm³/mol. The van der Waals surface area contributed by atoms with Crippen molar-refractivity contribution < 1.29 is 9.72 Å². The average molecular weight is 454 g/mol. The van der Waals surface area contributed by atoms with E-state index in [1.165, 1.54) is 11.1 Å². The molecule has 0 aromatic heterocycles. The lowest BCUT2D eigenvalue weighted by atomic mass is 9.76. The van der Waals surface area contributed by atoms with Gasteiger partial charge in [-0.3, -0.25) is 14.9 Å². The molecular formula is C28H27N3O3. The van der Waals surface area contributed by atoms with Crippen LogP contribution in [0.25, 0.3) is 0 Å². The fraction of sp³-hybridized carbons (Fsp3) is 0.250. The molecule has 2 N–H and O–H groups in total. The number of nitro benzene ring substituents is 1. The van der Waals surface area contributed by atoms with E-state index in [4.69, 9.17) is 0 Å². The van der Waals surface area contributed by atoms with Gasteiger partial charge in [-0.15, -0.1) is 0 Å². The Kier molecular flexibility index (Phi) is 5.65. The highest BCUT2D eigenvalue weighted by Crippen LogP contribution is 2.50. The Labute approximate surface area is 198 Å². The summed E-state index contributed by atoms with van der Waals surface area (Å²) >= 11 is 0. The molecule has 1 aliphatic heterocycles. The minimum Gasteiger partial charge on any atom is -0.378 e. The molecule has 0 spiro atoms. The SMILES string of the molecule is Cc1ccc(CNC(=O)c2ccc3c(c2)[C@H]2C=CC[C@H]2[C@@H](c2ccc([N+](=O)[O-])cc2)N3)cc1C. The maximum absolute atomic E-state index is 12.9. The maximum atomic E-state index is 12.9. The molecule has 1 amide bonds. The van der Waals surface area contributed by atoms with Gasteiger partial charge in [0.2, 0.25) is 0 Å². The number of anilines is 1. The molecule has 3 atom stereocenters. The fourth-order valence-electron chi connectivity index (χ4n) is 5.07. The molecule has 0 bridgehead atoms. The number of rotatable bonds is 5. The van der Waals surface area contributed by atoms with Crippen LogP contribution in [0.1, 0.15) is 56.6 Å². The second kappa shape index (κ2) is 8.78. The van der Waals surface area contributed by atoms with E-state index in [0.717, 1.165) is 28.8 Å². The number of nitro groups is 1. The standard InChI is InChI=1S/C28H27N3O3/c1-17-6-7-19(14-18(17)2)16-29-28(32)21-10-13-26-25(15-21)23-4-3-5-24(23)27(30-26)20-8-11-22(12-9-20)31(33)34/h3-4,6-15,23-24,27,30H,5,16H2,1-2H3,(H,29,32)/t23-,24+,27+/m0/s1. The lowest BCUT2D eigenvalue weighted by Gasteiger charge is -2.37. The van der Waals surface area contributed by atoms with Crippen LogP contribution >= 0.6 is 0 Å². The number of allylic oxidation sites excluding steroid dienone is 2. The van der Waals surface area contributed by atoms with Gasteiger partial charge in [0.15, 0.2) is 0 Å². The Morgan fingerprint density at radius 1 is 1.06 bits per heavy atom. The number of amides is 1. The van der Waals surface area contributed by atoms with Gasteiger partial charge in [0, 0.05) is 35.8 Å².